The van der Waals surface area contributed by atoms with Gasteiger partial charge in [-0.15, -0.1) is 5.10 Å². The molecule has 5 rings (SSSR count). The van der Waals surface area contributed by atoms with Gasteiger partial charge in [0.05, 0.1) is 11.1 Å². The second-order valence-corrected chi connectivity index (χ2v) is 9.76. The van der Waals surface area contributed by atoms with Gasteiger partial charge in [0.25, 0.3) is 11.8 Å². The van der Waals surface area contributed by atoms with Crippen LogP contribution in [-0.2, 0) is 0 Å². The van der Waals surface area contributed by atoms with Crippen LogP contribution in [0.15, 0.2) is 46.9 Å². The van der Waals surface area contributed by atoms with E-state index in [1.54, 1.807) is 6.07 Å². The fourth-order valence-corrected chi connectivity index (χ4v) is 5.17. The molecule has 1 amide bonds. The van der Waals surface area contributed by atoms with E-state index in [0.717, 1.165) is 24.8 Å². The number of aromatic nitrogens is 2. The number of rotatable bonds is 7. The van der Waals surface area contributed by atoms with Crippen molar-refractivity contribution in [1.82, 2.24) is 15.1 Å². The predicted molar refractivity (Wildman–Crippen MR) is 134 cm³/mol. The van der Waals surface area contributed by atoms with Gasteiger partial charge in [0.15, 0.2) is 0 Å². The topological polar surface area (TPSA) is 83.3 Å². The Balaban J connectivity index is 1.15. The Kier molecular flexibility index (Phi) is 7.55. The first-order valence-corrected chi connectivity index (χ1v) is 12.7. The number of nitrogens with zero attached hydrogens (tertiary/aromatic N) is 3. The third-order valence-electron chi connectivity index (χ3n) is 7.14. The summed E-state index contributed by atoms with van der Waals surface area (Å²) in [6, 6.07) is 10.3. The van der Waals surface area contributed by atoms with Crippen LogP contribution in [0.2, 0.25) is 0 Å². The number of amides is 1. The summed E-state index contributed by atoms with van der Waals surface area (Å²) in [7, 11) is 0. The lowest BCUT2D eigenvalue weighted by atomic mass is 9.85. The molecule has 2 aromatic carbocycles. The highest BCUT2D eigenvalue weighted by Crippen LogP contribution is 2.30. The highest BCUT2D eigenvalue weighted by atomic mass is 19.1. The van der Waals surface area contributed by atoms with E-state index in [9.17, 15) is 13.6 Å². The van der Waals surface area contributed by atoms with Gasteiger partial charge in [-0.2, -0.15) is 0 Å². The number of piperidine rings is 1. The zero-order valence-corrected chi connectivity index (χ0v) is 20.2. The van der Waals surface area contributed by atoms with Crippen LogP contribution >= 0.6 is 0 Å². The number of nitrogens with one attached hydrogen (secondary N) is 2. The highest BCUT2D eigenvalue weighted by Gasteiger charge is 2.25. The average Bonchev–Trinajstić information content (AvgIpc) is 3.34. The lowest BCUT2D eigenvalue weighted by Crippen LogP contribution is -2.37. The molecule has 0 atom stereocenters. The van der Waals surface area contributed by atoms with Crippen LogP contribution in [0.25, 0.3) is 11.5 Å². The van der Waals surface area contributed by atoms with E-state index in [-0.39, 0.29) is 34.8 Å². The third kappa shape index (κ3) is 5.90. The summed E-state index contributed by atoms with van der Waals surface area (Å²) in [6.07, 6.45) is 8.43. The molecule has 0 spiro atoms. The first-order valence-electron chi connectivity index (χ1n) is 12.7. The minimum absolute atomic E-state index is 0.0563. The quantitative estimate of drug-likeness (QED) is 0.436. The zero-order chi connectivity index (χ0) is 24.9. The normalized spacial score (nSPS) is 20.7. The van der Waals surface area contributed by atoms with E-state index in [0.29, 0.717) is 0 Å². The summed E-state index contributed by atoms with van der Waals surface area (Å²) in [5, 5.41) is 13.9. The van der Waals surface area contributed by atoms with Gasteiger partial charge in [-0.05, 0) is 87.9 Å². The van der Waals surface area contributed by atoms with Crippen molar-refractivity contribution in [3.8, 4) is 11.5 Å². The van der Waals surface area contributed by atoms with Gasteiger partial charge in [-0.1, -0.05) is 23.7 Å². The molecule has 2 heterocycles. The second kappa shape index (κ2) is 11.2. The lowest BCUT2D eigenvalue weighted by Gasteiger charge is -2.34. The van der Waals surface area contributed by atoms with Gasteiger partial charge in [0.2, 0.25) is 0 Å². The maximum Gasteiger partial charge on any atom is 0.315 e. The van der Waals surface area contributed by atoms with Gasteiger partial charge >= 0.3 is 6.01 Å². The van der Waals surface area contributed by atoms with E-state index in [4.69, 9.17) is 4.42 Å². The summed E-state index contributed by atoms with van der Waals surface area (Å²) in [5.41, 5.74) is 0.212. The number of carbonyl (C=O) groups is 1. The molecule has 36 heavy (non-hydrogen) atoms. The molecule has 2 fully saturated rings. The average molecular weight is 496 g/mol. The lowest BCUT2D eigenvalue weighted by molar-refractivity contribution is 0.102. The van der Waals surface area contributed by atoms with E-state index in [1.807, 2.05) is 0 Å². The Morgan fingerprint density at radius 2 is 1.75 bits per heavy atom. The number of likely N-dealkylation sites (tertiary alicyclic amines) is 1. The van der Waals surface area contributed by atoms with E-state index in [1.165, 1.54) is 82.1 Å². The van der Waals surface area contributed by atoms with Crippen LogP contribution < -0.4 is 10.6 Å². The van der Waals surface area contributed by atoms with Crippen LogP contribution in [0, 0.1) is 17.6 Å². The van der Waals surface area contributed by atoms with Crippen LogP contribution in [0.1, 0.15) is 55.3 Å². The first-order chi connectivity index (χ1) is 17.5. The minimum Gasteiger partial charge on any atom is -0.403 e. The Bertz CT molecular complexity index is 1190. The molecule has 0 bridgehead atoms. The smallest absolute Gasteiger partial charge is 0.315 e. The van der Waals surface area contributed by atoms with Crippen LogP contribution in [0.3, 0.4) is 0 Å². The molecule has 9 heteroatoms. The van der Waals surface area contributed by atoms with Crippen molar-refractivity contribution in [1.29, 1.82) is 0 Å². The molecule has 1 saturated heterocycles. The van der Waals surface area contributed by atoms with Crippen LogP contribution in [-0.4, -0.2) is 46.7 Å². The summed E-state index contributed by atoms with van der Waals surface area (Å²) >= 11 is 0. The molecule has 2 N–H and O–H groups in total. The van der Waals surface area contributed by atoms with Crippen molar-refractivity contribution in [2.75, 3.05) is 30.3 Å². The number of carbonyl (C=O) groups excluding carboxylic acids is 1. The van der Waals surface area contributed by atoms with Gasteiger partial charge in [0.1, 0.15) is 11.6 Å². The Labute approximate surface area is 209 Å². The monoisotopic (exact) mass is 495 g/mol. The molecule has 7 nitrogen and oxygen atoms in total. The number of hydrogen-bond donors (Lipinski definition) is 2. The third-order valence-corrected chi connectivity index (χ3v) is 7.14. The molecule has 1 aliphatic carbocycles. The van der Waals surface area contributed by atoms with Gasteiger partial charge < -0.3 is 20.0 Å². The van der Waals surface area contributed by atoms with E-state index >= 15 is 0 Å². The Morgan fingerprint density at radius 1 is 0.972 bits per heavy atom. The van der Waals surface area contributed by atoms with Crippen LogP contribution in [0.4, 0.5) is 20.5 Å². The standard InChI is InChI=1S/C27H31F2N5O2/c28-23-7-3-2-6-21(23)25(35)30-20-12-13-22(24(29)16-20)26-32-33-27(36-26)31-19-10-8-18(9-11-19)17-34-14-4-1-5-15-34/h2-3,6-7,12-13,16,18-19H,1,4-5,8-11,14-15,17H2,(H,30,35)(H,31,33). The van der Waals surface area contributed by atoms with Crippen LogP contribution in [0.5, 0.6) is 0 Å². The van der Waals surface area contributed by atoms with Gasteiger partial charge in [-0.25, -0.2) is 8.78 Å². The van der Waals surface area contributed by atoms with Crippen molar-refractivity contribution in [2.45, 2.75) is 51.0 Å². The maximum absolute atomic E-state index is 14.8. The summed E-state index contributed by atoms with van der Waals surface area (Å²) in [6.45, 7) is 3.67. The Hall–Kier alpha value is -3.33. The summed E-state index contributed by atoms with van der Waals surface area (Å²) in [4.78, 5) is 14.9. The largest absolute Gasteiger partial charge is 0.403 e. The molecule has 2 aliphatic rings. The molecule has 0 radical (unpaired) electrons. The first kappa shape index (κ1) is 24.4. The van der Waals surface area contributed by atoms with Crippen molar-refractivity contribution < 1.29 is 18.0 Å². The number of hydrogen-bond acceptors (Lipinski definition) is 6. The SMILES string of the molecule is O=C(Nc1ccc(-c2nnc(NC3CCC(CN4CCCCC4)CC3)o2)c(F)c1)c1ccccc1F. The number of anilines is 2. The van der Waals surface area contributed by atoms with E-state index < -0.39 is 17.5 Å². The summed E-state index contributed by atoms with van der Waals surface area (Å²) < 4.78 is 34.3. The predicted octanol–water partition coefficient (Wildman–Crippen LogP) is 5.72. The van der Waals surface area contributed by atoms with Crippen molar-refractivity contribution >= 4 is 17.6 Å². The molecule has 0 unspecified atom stereocenters. The molecule has 1 aliphatic heterocycles. The number of halogens is 2. The molecule has 1 aromatic heterocycles. The van der Waals surface area contributed by atoms with Crippen molar-refractivity contribution in [3.63, 3.8) is 0 Å². The zero-order valence-electron chi connectivity index (χ0n) is 20.2. The number of benzene rings is 2. The molecular formula is C27H31F2N5O2. The van der Waals surface area contributed by atoms with E-state index in [2.05, 4.69) is 25.7 Å². The highest BCUT2D eigenvalue weighted by molar-refractivity contribution is 6.04. The summed E-state index contributed by atoms with van der Waals surface area (Å²) in [5.74, 6) is -1.13. The minimum atomic E-state index is -0.657. The fourth-order valence-electron chi connectivity index (χ4n) is 5.17. The van der Waals surface area contributed by atoms with Crippen molar-refractivity contribution in [3.05, 3.63) is 59.7 Å². The van der Waals surface area contributed by atoms with Gasteiger partial charge in [0, 0.05) is 18.3 Å². The maximum atomic E-state index is 14.8. The molecule has 3 aromatic rings. The molecular weight excluding hydrogens is 464 g/mol. The fraction of sp³-hybridized carbons (Fsp3) is 0.444. The Morgan fingerprint density at radius 3 is 2.50 bits per heavy atom. The van der Waals surface area contributed by atoms with Crippen molar-refractivity contribution in [2.24, 2.45) is 5.92 Å². The van der Waals surface area contributed by atoms with Gasteiger partial charge in [-0.3, -0.25) is 4.79 Å². The second-order valence-electron chi connectivity index (χ2n) is 9.76. The molecule has 1 saturated carbocycles. The molecule has 190 valence electrons.